The zero-order chi connectivity index (χ0) is 10.3. The first-order valence-electron chi connectivity index (χ1n) is 4.31. The molecule has 1 atom stereocenters. The average Bonchev–Trinajstić information content (AvgIpc) is 2.59. The number of hydrogen-bond acceptors (Lipinski definition) is 4. The number of H-pyrrole nitrogens is 1. The first kappa shape index (κ1) is 9.85. The van der Waals surface area contributed by atoms with Gasteiger partial charge < -0.3 is 4.57 Å². The highest BCUT2D eigenvalue weighted by atomic mass is 32.2. The Balaban J connectivity index is 2.35. The molecule has 0 aromatic carbocycles. The van der Waals surface area contributed by atoms with Gasteiger partial charge >= 0.3 is 0 Å². The topological polar surface area (TPSA) is 67.8 Å². The normalized spacial score (nSPS) is 25.4. The van der Waals surface area contributed by atoms with Gasteiger partial charge in [0.05, 0.1) is 11.5 Å². The second-order valence-electron chi connectivity index (χ2n) is 3.55. The summed E-state index contributed by atoms with van der Waals surface area (Å²) in [6.07, 6.45) is 0.649. The summed E-state index contributed by atoms with van der Waals surface area (Å²) < 4.78 is 24.8. The zero-order valence-corrected chi connectivity index (χ0v) is 9.36. The van der Waals surface area contributed by atoms with Gasteiger partial charge in [0.2, 0.25) is 0 Å². The molecule has 5 nitrogen and oxygen atoms in total. The van der Waals surface area contributed by atoms with Crippen LogP contribution in [0.3, 0.4) is 0 Å². The molecular weight excluding hydrogens is 222 g/mol. The molecule has 78 valence electrons. The Kier molecular flexibility index (Phi) is 2.23. The van der Waals surface area contributed by atoms with Gasteiger partial charge in [0.25, 0.3) is 0 Å². The van der Waals surface area contributed by atoms with Crippen LogP contribution in [0.5, 0.6) is 0 Å². The Bertz CT molecular complexity index is 499. The van der Waals surface area contributed by atoms with Crippen molar-refractivity contribution in [3.8, 4) is 0 Å². The average molecular weight is 233 g/mol. The maximum Gasteiger partial charge on any atom is 0.194 e. The van der Waals surface area contributed by atoms with Crippen LogP contribution in [-0.2, 0) is 16.9 Å². The van der Waals surface area contributed by atoms with Crippen LogP contribution < -0.4 is 0 Å². The van der Waals surface area contributed by atoms with E-state index in [0.29, 0.717) is 11.2 Å². The minimum Gasteiger partial charge on any atom is -0.307 e. The van der Waals surface area contributed by atoms with E-state index in [2.05, 4.69) is 10.2 Å². The third-order valence-electron chi connectivity index (χ3n) is 2.51. The monoisotopic (exact) mass is 233 g/mol. The van der Waals surface area contributed by atoms with Crippen LogP contribution in [0.2, 0.25) is 0 Å². The van der Waals surface area contributed by atoms with Crippen LogP contribution >= 0.6 is 12.2 Å². The number of aromatic amines is 1. The molecule has 0 saturated carbocycles. The smallest absolute Gasteiger partial charge is 0.194 e. The molecule has 0 radical (unpaired) electrons. The summed E-state index contributed by atoms with van der Waals surface area (Å²) in [5.74, 6) is 1.20. The molecule has 1 aromatic rings. The molecule has 1 saturated heterocycles. The molecule has 1 aliphatic heterocycles. The summed E-state index contributed by atoms with van der Waals surface area (Å²) in [5, 5.41) is 6.71. The van der Waals surface area contributed by atoms with E-state index in [-0.39, 0.29) is 17.4 Å². The standard InChI is InChI=1S/C7H11N3O2S2/c1-10-6(8-9-7(10)13)5-2-3-14(11,12)4-5/h5H,2-4H2,1H3,(H,9,13)/t5-/m0/s1. The van der Waals surface area contributed by atoms with Gasteiger partial charge in [-0.25, -0.2) is 8.42 Å². The molecule has 0 spiro atoms. The molecule has 7 heteroatoms. The molecule has 0 aliphatic carbocycles. The van der Waals surface area contributed by atoms with Crippen molar-refractivity contribution in [1.82, 2.24) is 14.8 Å². The highest BCUT2D eigenvalue weighted by Crippen LogP contribution is 2.26. The van der Waals surface area contributed by atoms with Crippen LogP contribution in [0.1, 0.15) is 18.2 Å². The van der Waals surface area contributed by atoms with Crippen LogP contribution in [0, 0.1) is 4.77 Å². The summed E-state index contributed by atoms with van der Waals surface area (Å²) in [6.45, 7) is 0. The van der Waals surface area contributed by atoms with Gasteiger partial charge in [-0.3, -0.25) is 5.10 Å². The Morgan fingerprint density at radius 2 is 2.36 bits per heavy atom. The fourth-order valence-electron chi connectivity index (χ4n) is 1.72. The van der Waals surface area contributed by atoms with Gasteiger partial charge in [-0.15, -0.1) is 0 Å². The van der Waals surface area contributed by atoms with E-state index in [0.717, 1.165) is 5.82 Å². The molecule has 0 unspecified atom stereocenters. The van der Waals surface area contributed by atoms with Gasteiger partial charge in [0, 0.05) is 13.0 Å². The van der Waals surface area contributed by atoms with Crippen molar-refractivity contribution >= 4 is 22.1 Å². The van der Waals surface area contributed by atoms with Crippen molar-refractivity contribution < 1.29 is 8.42 Å². The highest BCUT2D eigenvalue weighted by Gasteiger charge is 2.31. The van der Waals surface area contributed by atoms with E-state index in [1.807, 2.05) is 0 Å². The van der Waals surface area contributed by atoms with Crippen molar-refractivity contribution in [3.63, 3.8) is 0 Å². The Morgan fingerprint density at radius 3 is 2.79 bits per heavy atom. The third kappa shape index (κ3) is 1.61. The minimum atomic E-state index is -2.85. The first-order chi connectivity index (χ1) is 6.49. The fourth-order valence-corrected chi connectivity index (χ4v) is 3.60. The van der Waals surface area contributed by atoms with Crippen molar-refractivity contribution in [1.29, 1.82) is 0 Å². The summed E-state index contributed by atoms with van der Waals surface area (Å²) in [7, 11) is -1.05. The van der Waals surface area contributed by atoms with E-state index in [4.69, 9.17) is 12.2 Å². The molecule has 0 amide bonds. The predicted molar refractivity (Wildman–Crippen MR) is 54.4 cm³/mol. The van der Waals surface area contributed by atoms with Gasteiger partial charge in [-0.2, -0.15) is 5.10 Å². The summed E-state index contributed by atoms with van der Waals surface area (Å²) in [6, 6.07) is 0. The van der Waals surface area contributed by atoms with Crippen LogP contribution in [0.4, 0.5) is 0 Å². The van der Waals surface area contributed by atoms with Crippen molar-refractivity contribution in [2.75, 3.05) is 11.5 Å². The van der Waals surface area contributed by atoms with Crippen LogP contribution in [0.15, 0.2) is 0 Å². The molecule has 1 N–H and O–H groups in total. The molecule has 0 bridgehead atoms. The summed E-state index contributed by atoms with van der Waals surface area (Å²) >= 11 is 4.96. The number of nitrogens with zero attached hydrogens (tertiary/aromatic N) is 2. The fraction of sp³-hybridized carbons (Fsp3) is 0.714. The maximum absolute atomic E-state index is 11.3. The lowest BCUT2D eigenvalue weighted by atomic mass is 10.1. The van der Waals surface area contributed by atoms with Gasteiger partial charge in [-0.1, -0.05) is 0 Å². The number of rotatable bonds is 1. The molecule has 1 aromatic heterocycles. The number of aromatic nitrogens is 3. The molecular formula is C7H11N3O2S2. The summed E-state index contributed by atoms with van der Waals surface area (Å²) in [4.78, 5) is 0. The summed E-state index contributed by atoms with van der Waals surface area (Å²) in [5.41, 5.74) is 0. The van der Waals surface area contributed by atoms with E-state index >= 15 is 0 Å². The lowest BCUT2D eigenvalue weighted by molar-refractivity contribution is 0.600. The minimum absolute atomic E-state index is 0.00190. The second kappa shape index (κ2) is 3.16. The predicted octanol–water partition coefficient (Wildman–Crippen LogP) is 0.380. The van der Waals surface area contributed by atoms with Crippen molar-refractivity contribution in [3.05, 3.63) is 10.6 Å². The van der Waals surface area contributed by atoms with Gasteiger partial charge in [-0.05, 0) is 18.6 Å². The van der Waals surface area contributed by atoms with E-state index in [1.54, 1.807) is 11.6 Å². The number of sulfone groups is 1. The lowest BCUT2D eigenvalue weighted by Gasteiger charge is -2.05. The Labute approximate surface area is 87.1 Å². The SMILES string of the molecule is Cn1c([C@H]2CCS(=O)(=O)C2)n[nH]c1=S. The quantitative estimate of drug-likeness (QED) is 0.712. The van der Waals surface area contributed by atoms with Crippen molar-refractivity contribution in [2.24, 2.45) is 7.05 Å². The van der Waals surface area contributed by atoms with E-state index in [1.165, 1.54) is 0 Å². The second-order valence-corrected chi connectivity index (χ2v) is 6.16. The van der Waals surface area contributed by atoms with Crippen LogP contribution in [0.25, 0.3) is 0 Å². The largest absolute Gasteiger partial charge is 0.307 e. The molecule has 1 fully saturated rings. The van der Waals surface area contributed by atoms with Crippen LogP contribution in [-0.4, -0.2) is 34.7 Å². The maximum atomic E-state index is 11.3. The van der Waals surface area contributed by atoms with E-state index in [9.17, 15) is 8.42 Å². The highest BCUT2D eigenvalue weighted by molar-refractivity contribution is 7.91. The van der Waals surface area contributed by atoms with E-state index < -0.39 is 9.84 Å². The Morgan fingerprint density at radius 1 is 1.64 bits per heavy atom. The van der Waals surface area contributed by atoms with Gasteiger partial charge in [0.15, 0.2) is 14.6 Å². The molecule has 2 rings (SSSR count). The lowest BCUT2D eigenvalue weighted by Crippen LogP contribution is -2.08. The first-order valence-corrected chi connectivity index (χ1v) is 6.54. The van der Waals surface area contributed by atoms with Gasteiger partial charge in [0.1, 0.15) is 5.82 Å². The molecule has 1 aliphatic rings. The Hall–Kier alpha value is -0.690. The number of hydrogen-bond donors (Lipinski definition) is 1. The zero-order valence-electron chi connectivity index (χ0n) is 7.73. The van der Waals surface area contributed by atoms with Crippen molar-refractivity contribution in [2.45, 2.75) is 12.3 Å². The molecule has 14 heavy (non-hydrogen) atoms. The molecule has 2 heterocycles. The number of nitrogens with one attached hydrogen (secondary N) is 1. The third-order valence-corrected chi connectivity index (χ3v) is 4.65.